The zero-order chi connectivity index (χ0) is 15.4. The fourth-order valence-electron chi connectivity index (χ4n) is 2.10. The summed E-state index contributed by atoms with van der Waals surface area (Å²) >= 11 is 11.7. The van der Waals surface area contributed by atoms with Crippen molar-refractivity contribution in [1.29, 1.82) is 0 Å². The van der Waals surface area contributed by atoms with E-state index in [1.807, 2.05) is 4.90 Å². The van der Waals surface area contributed by atoms with Gasteiger partial charge >= 0.3 is 5.97 Å². The molecule has 1 aromatic rings. The van der Waals surface area contributed by atoms with E-state index < -0.39 is 0 Å². The predicted molar refractivity (Wildman–Crippen MR) is 78.6 cm³/mol. The SMILES string of the molecule is COC(=O)CN1CCN(C(=O)c2ccc(Cl)nc2Cl)CC1. The first-order chi connectivity index (χ1) is 10.0. The van der Waals surface area contributed by atoms with Crippen LogP contribution in [0.25, 0.3) is 0 Å². The number of methoxy groups -OCH3 is 1. The predicted octanol–water partition coefficient (Wildman–Crippen LogP) is 1.32. The van der Waals surface area contributed by atoms with Crippen molar-refractivity contribution in [1.82, 2.24) is 14.8 Å². The molecule has 1 amide bonds. The Bertz CT molecular complexity index is 545. The van der Waals surface area contributed by atoms with Crippen LogP contribution in [-0.4, -0.2) is 66.5 Å². The number of hydrogen-bond donors (Lipinski definition) is 0. The van der Waals surface area contributed by atoms with Gasteiger partial charge in [0.1, 0.15) is 10.3 Å². The maximum Gasteiger partial charge on any atom is 0.319 e. The lowest BCUT2D eigenvalue weighted by Gasteiger charge is -2.34. The normalized spacial score (nSPS) is 15.9. The Hall–Kier alpha value is -1.37. The Morgan fingerprint density at radius 3 is 2.48 bits per heavy atom. The van der Waals surface area contributed by atoms with Gasteiger partial charge in [-0.05, 0) is 12.1 Å². The van der Waals surface area contributed by atoms with Gasteiger partial charge in [0.25, 0.3) is 5.91 Å². The Labute approximate surface area is 132 Å². The molecular weight excluding hydrogens is 317 g/mol. The molecule has 21 heavy (non-hydrogen) atoms. The first kappa shape index (κ1) is 16.0. The van der Waals surface area contributed by atoms with Gasteiger partial charge < -0.3 is 9.64 Å². The first-order valence-corrected chi connectivity index (χ1v) is 7.17. The second-order valence-corrected chi connectivity index (χ2v) is 5.36. The molecule has 0 spiro atoms. The molecule has 0 radical (unpaired) electrons. The van der Waals surface area contributed by atoms with Crippen LogP contribution in [-0.2, 0) is 9.53 Å². The Kier molecular flexibility index (Phi) is 5.39. The number of aromatic nitrogens is 1. The largest absolute Gasteiger partial charge is 0.468 e. The van der Waals surface area contributed by atoms with Crippen LogP contribution in [0, 0.1) is 0 Å². The smallest absolute Gasteiger partial charge is 0.319 e. The third kappa shape index (κ3) is 4.06. The van der Waals surface area contributed by atoms with Crippen molar-refractivity contribution in [3.05, 3.63) is 28.0 Å². The molecule has 2 rings (SSSR count). The van der Waals surface area contributed by atoms with E-state index in [0.29, 0.717) is 31.7 Å². The molecule has 1 saturated heterocycles. The molecular formula is C13H15Cl2N3O3. The number of nitrogens with zero attached hydrogens (tertiary/aromatic N) is 3. The van der Waals surface area contributed by atoms with Crippen molar-refractivity contribution in [3.63, 3.8) is 0 Å². The van der Waals surface area contributed by atoms with Crippen molar-refractivity contribution in [2.75, 3.05) is 39.8 Å². The van der Waals surface area contributed by atoms with E-state index in [-0.39, 0.29) is 28.7 Å². The van der Waals surface area contributed by atoms with Crippen molar-refractivity contribution in [2.45, 2.75) is 0 Å². The molecule has 0 atom stereocenters. The molecule has 114 valence electrons. The van der Waals surface area contributed by atoms with E-state index >= 15 is 0 Å². The zero-order valence-corrected chi connectivity index (χ0v) is 13.0. The topological polar surface area (TPSA) is 62.7 Å². The Morgan fingerprint density at radius 1 is 1.24 bits per heavy atom. The summed E-state index contributed by atoms with van der Waals surface area (Å²) in [5, 5.41) is 0.351. The van der Waals surface area contributed by atoms with Gasteiger partial charge in [0, 0.05) is 26.2 Å². The minimum atomic E-state index is -0.278. The number of amides is 1. The molecule has 0 saturated carbocycles. The first-order valence-electron chi connectivity index (χ1n) is 6.41. The summed E-state index contributed by atoms with van der Waals surface area (Å²) in [6.45, 7) is 2.50. The standard InChI is InChI=1S/C13H15Cl2N3O3/c1-21-11(19)8-17-4-6-18(7-5-17)13(20)9-2-3-10(14)16-12(9)15/h2-3H,4-8H2,1H3. The van der Waals surface area contributed by atoms with E-state index in [1.165, 1.54) is 13.2 Å². The fourth-order valence-corrected chi connectivity index (χ4v) is 2.52. The van der Waals surface area contributed by atoms with Crippen molar-refractivity contribution in [3.8, 4) is 0 Å². The molecule has 0 bridgehead atoms. The van der Waals surface area contributed by atoms with Crippen LogP contribution in [0.5, 0.6) is 0 Å². The van der Waals surface area contributed by atoms with E-state index in [4.69, 9.17) is 23.2 Å². The number of hydrogen-bond acceptors (Lipinski definition) is 5. The number of pyridine rings is 1. The van der Waals surface area contributed by atoms with Crippen LogP contribution in [0.1, 0.15) is 10.4 Å². The average Bonchev–Trinajstić information content (AvgIpc) is 2.47. The molecule has 2 heterocycles. The molecule has 1 aromatic heterocycles. The maximum atomic E-state index is 12.4. The lowest BCUT2D eigenvalue weighted by Crippen LogP contribution is -2.50. The van der Waals surface area contributed by atoms with Crippen molar-refractivity contribution in [2.24, 2.45) is 0 Å². The molecule has 1 aliphatic heterocycles. The Balaban J connectivity index is 1.95. The van der Waals surface area contributed by atoms with Gasteiger partial charge in [0.05, 0.1) is 19.2 Å². The lowest BCUT2D eigenvalue weighted by atomic mass is 10.2. The lowest BCUT2D eigenvalue weighted by molar-refractivity contribution is -0.142. The summed E-state index contributed by atoms with van der Waals surface area (Å²) < 4.78 is 4.62. The van der Waals surface area contributed by atoms with E-state index in [2.05, 4.69) is 9.72 Å². The van der Waals surface area contributed by atoms with E-state index in [1.54, 1.807) is 11.0 Å². The monoisotopic (exact) mass is 331 g/mol. The number of carbonyl (C=O) groups excluding carboxylic acids is 2. The molecule has 0 unspecified atom stereocenters. The number of ether oxygens (including phenoxy) is 1. The molecule has 0 aliphatic carbocycles. The minimum Gasteiger partial charge on any atom is -0.468 e. The van der Waals surface area contributed by atoms with Gasteiger partial charge in [0.2, 0.25) is 0 Å². The highest BCUT2D eigenvalue weighted by molar-refractivity contribution is 6.34. The molecule has 1 aliphatic rings. The highest BCUT2D eigenvalue weighted by Gasteiger charge is 2.25. The molecule has 0 aromatic carbocycles. The highest BCUT2D eigenvalue weighted by atomic mass is 35.5. The van der Waals surface area contributed by atoms with Gasteiger partial charge in [-0.1, -0.05) is 23.2 Å². The second kappa shape index (κ2) is 7.06. The number of carbonyl (C=O) groups is 2. The third-order valence-corrected chi connectivity index (χ3v) is 3.78. The third-order valence-electron chi connectivity index (χ3n) is 3.29. The summed E-state index contributed by atoms with van der Waals surface area (Å²) in [6, 6.07) is 3.11. The van der Waals surface area contributed by atoms with E-state index in [0.717, 1.165) is 0 Å². The quantitative estimate of drug-likeness (QED) is 0.617. The van der Waals surface area contributed by atoms with Crippen LogP contribution in [0.3, 0.4) is 0 Å². The van der Waals surface area contributed by atoms with Crippen LogP contribution >= 0.6 is 23.2 Å². The van der Waals surface area contributed by atoms with Gasteiger partial charge in [-0.15, -0.1) is 0 Å². The van der Waals surface area contributed by atoms with E-state index in [9.17, 15) is 9.59 Å². The maximum absolute atomic E-state index is 12.4. The fraction of sp³-hybridized carbons (Fsp3) is 0.462. The summed E-state index contributed by atoms with van der Waals surface area (Å²) in [6.07, 6.45) is 0. The molecule has 8 heteroatoms. The number of halogens is 2. The molecule has 1 fully saturated rings. The van der Waals surface area contributed by atoms with Crippen LogP contribution in [0.2, 0.25) is 10.3 Å². The summed E-state index contributed by atoms with van der Waals surface area (Å²) in [5.41, 5.74) is 0.336. The highest BCUT2D eigenvalue weighted by Crippen LogP contribution is 2.19. The van der Waals surface area contributed by atoms with Gasteiger partial charge in [-0.2, -0.15) is 0 Å². The summed E-state index contributed by atoms with van der Waals surface area (Å²) in [5.74, 6) is -0.457. The second-order valence-electron chi connectivity index (χ2n) is 4.62. The van der Waals surface area contributed by atoms with Crippen LogP contribution in [0.4, 0.5) is 0 Å². The van der Waals surface area contributed by atoms with Crippen LogP contribution in [0.15, 0.2) is 12.1 Å². The molecule has 0 N–H and O–H groups in total. The number of piperazine rings is 1. The minimum absolute atomic E-state index is 0.101. The van der Waals surface area contributed by atoms with Gasteiger partial charge in [0.15, 0.2) is 0 Å². The van der Waals surface area contributed by atoms with Gasteiger partial charge in [-0.25, -0.2) is 4.98 Å². The van der Waals surface area contributed by atoms with Crippen LogP contribution < -0.4 is 0 Å². The summed E-state index contributed by atoms with van der Waals surface area (Å²) in [7, 11) is 1.36. The van der Waals surface area contributed by atoms with Gasteiger partial charge in [-0.3, -0.25) is 14.5 Å². The Morgan fingerprint density at radius 2 is 1.90 bits per heavy atom. The van der Waals surface area contributed by atoms with Crippen molar-refractivity contribution < 1.29 is 14.3 Å². The van der Waals surface area contributed by atoms with Crippen molar-refractivity contribution >= 4 is 35.1 Å². The number of rotatable bonds is 3. The zero-order valence-electron chi connectivity index (χ0n) is 11.5. The average molecular weight is 332 g/mol. The number of esters is 1. The molecule has 6 nitrogen and oxygen atoms in total. The summed E-state index contributed by atoms with van der Waals surface area (Å²) in [4.78, 5) is 31.1.